The molecule has 0 radical (unpaired) electrons. The fourth-order valence-electron chi connectivity index (χ4n) is 4.27. The predicted octanol–water partition coefficient (Wildman–Crippen LogP) is 3.25. The monoisotopic (exact) mass is 398 g/mol. The van der Waals surface area contributed by atoms with Gasteiger partial charge in [-0.2, -0.15) is 0 Å². The molecule has 0 spiro atoms. The van der Waals surface area contributed by atoms with Gasteiger partial charge in [-0.3, -0.25) is 14.5 Å². The van der Waals surface area contributed by atoms with E-state index in [1.54, 1.807) is 10.6 Å². The topological polar surface area (TPSA) is 71.8 Å². The summed E-state index contributed by atoms with van der Waals surface area (Å²) in [4.78, 5) is 27.6. The first-order chi connectivity index (χ1) is 14.0. The van der Waals surface area contributed by atoms with Crippen LogP contribution in [0.1, 0.15) is 49.6 Å². The molecule has 1 aliphatic rings. The summed E-state index contributed by atoms with van der Waals surface area (Å²) < 4.78 is 6.87. The molecule has 29 heavy (non-hydrogen) atoms. The van der Waals surface area contributed by atoms with Crippen molar-refractivity contribution in [2.24, 2.45) is 5.92 Å². The number of likely N-dealkylation sites (tertiary alicyclic amines) is 1. The summed E-state index contributed by atoms with van der Waals surface area (Å²) >= 11 is 0. The Morgan fingerprint density at radius 3 is 2.45 bits per heavy atom. The number of benzene rings is 1. The van der Waals surface area contributed by atoms with Crippen LogP contribution in [0.15, 0.2) is 41.2 Å². The summed E-state index contributed by atoms with van der Waals surface area (Å²) in [7, 11) is 0. The molecule has 1 aromatic carbocycles. The Morgan fingerprint density at radius 1 is 1.21 bits per heavy atom. The van der Waals surface area contributed by atoms with Gasteiger partial charge in [0.2, 0.25) is 0 Å². The molecule has 0 amide bonds. The maximum Gasteiger partial charge on any atom is 0.309 e. The first kappa shape index (κ1) is 21.1. The second kappa shape index (κ2) is 9.27. The number of piperidine rings is 1. The molecule has 6 heteroatoms. The van der Waals surface area contributed by atoms with E-state index < -0.39 is 0 Å². The van der Waals surface area contributed by atoms with Gasteiger partial charge >= 0.3 is 5.97 Å². The minimum atomic E-state index is -0.356. The Kier molecular flexibility index (Phi) is 6.75. The van der Waals surface area contributed by atoms with Gasteiger partial charge in [-0.25, -0.2) is 0 Å². The average molecular weight is 399 g/mol. The fourth-order valence-corrected chi connectivity index (χ4v) is 4.27. The number of hydrogen-bond acceptors (Lipinski definition) is 5. The van der Waals surface area contributed by atoms with Crippen molar-refractivity contribution in [3.63, 3.8) is 0 Å². The predicted molar refractivity (Wildman–Crippen MR) is 112 cm³/mol. The van der Waals surface area contributed by atoms with Crippen LogP contribution in [0.25, 0.3) is 0 Å². The normalized spacial score (nSPS) is 16.5. The Balaban J connectivity index is 1.99. The van der Waals surface area contributed by atoms with Gasteiger partial charge in [-0.05, 0) is 58.3 Å². The first-order valence-electron chi connectivity index (χ1n) is 10.4. The molecule has 1 fully saturated rings. The fraction of sp³-hybridized carbons (Fsp3) is 0.478. The lowest BCUT2D eigenvalue weighted by Crippen LogP contribution is -2.42. The van der Waals surface area contributed by atoms with Crippen LogP contribution < -0.4 is 5.56 Å². The minimum absolute atomic E-state index is 0.0265. The minimum Gasteiger partial charge on any atom is -0.507 e. The van der Waals surface area contributed by atoms with Crippen molar-refractivity contribution in [3.8, 4) is 5.75 Å². The van der Waals surface area contributed by atoms with E-state index in [1.165, 1.54) is 0 Å². The van der Waals surface area contributed by atoms with Crippen molar-refractivity contribution in [2.75, 3.05) is 19.7 Å². The number of hydrogen-bond donors (Lipinski definition) is 1. The van der Waals surface area contributed by atoms with E-state index in [0.717, 1.165) is 11.3 Å². The molecule has 2 heterocycles. The summed E-state index contributed by atoms with van der Waals surface area (Å²) in [5, 5.41) is 10.8. The van der Waals surface area contributed by atoms with Crippen molar-refractivity contribution in [2.45, 2.75) is 46.2 Å². The number of aromatic hydroxyl groups is 1. The summed E-state index contributed by atoms with van der Waals surface area (Å²) in [6, 6.07) is 11.1. The third kappa shape index (κ3) is 4.37. The molecule has 3 rings (SSSR count). The third-order valence-electron chi connectivity index (χ3n) is 5.74. The van der Waals surface area contributed by atoms with Crippen LogP contribution in [0.4, 0.5) is 0 Å². The number of carbonyl (C=O) groups is 1. The van der Waals surface area contributed by atoms with Gasteiger partial charge in [-0.1, -0.05) is 30.3 Å². The largest absolute Gasteiger partial charge is 0.507 e. The SMILES string of the molecule is CCOC(=O)C1CCN(C(c2ccccc2)c2c(O)cc(C)n(CC)c2=O)CC1. The quantitative estimate of drug-likeness (QED) is 0.757. The van der Waals surface area contributed by atoms with Crippen LogP contribution >= 0.6 is 0 Å². The highest BCUT2D eigenvalue weighted by molar-refractivity contribution is 5.72. The molecule has 0 aliphatic carbocycles. The van der Waals surface area contributed by atoms with Gasteiger partial charge in [0.25, 0.3) is 5.56 Å². The molecule has 1 N–H and O–H groups in total. The maximum absolute atomic E-state index is 13.3. The van der Waals surface area contributed by atoms with E-state index in [4.69, 9.17) is 4.74 Å². The Morgan fingerprint density at radius 2 is 1.86 bits per heavy atom. The lowest BCUT2D eigenvalue weighted by Gasteiger charge is -2.37. The molecule has 1 saturated heterocycles. The lowest BCUT2D eigenvalue weighted by atomic mass is 9.91. The number of aromatic nitrogens is 1. The highest BCUT2D eigenvalue weighted by Crippen LogP contribution is 2.35. The van der Waals surface area contributed by atoms with Gasteiger partial charge < -0.3 is 14.4 Å². The van der Waals surface area contributed by atoms with E-state index in [-0.39, 0.29) is 29.2 Å². The second-order valence-electron chi connectivity index (χ2n) is 7.51. The van der Waals surface area contributed by atoms with E-state index >= 15 is 0 Å². The molecule has 0 saturated carbocycles. The van der Waals surface area contributed by atoms with Crippen LogP contribution in [0.2, 0.25) is 0 Å². The number of rotatable bonds is 6. The Hall–Kier alpha value is -2.60. The van der Waals surface area contributed by atoms with Crippen LogP contribution in [0.3, 0.4) is 0 Å². The molecule has 1 aliphatic heterocycles. The van der Waals surface area contributed by atoms with Crippen molar-refractivity contribution in [3.05, 3.63) is 63.6 Å². The van der Waals surface area contributed by atoms with E-state index in [0.29, 0.717) is 44.6 Å². The Bertz CT molecular complexity index is 899. The van der Waals surface area contributed by atoms with Crippen LogP contribution in [-0.4, -0.2) is 40.2 Å². The first-order valence-corrected chi connectivity index (χ1v) is 10.4. The second-order valence-corrected chi connectivity index (χ2v) is 7.51. The van der Waals surface area contributed by atoms with Crippen molar-refractivity contribution in [1.82, 2.24) is 9.47 Å². The van der Waals surface area contributed by atoms with Gasteiger partial charge in [0.15, 0.2) is 0 Å². The zero-order chi connectivity index (χ0) is 21.0. The smallest absolute Gasteiger partial charge is 0.309 e. The molecule has 1 aromatic heterocycles. The number of aryl methyl sites for hydroxylation is 1. The van der Waals surface area contributed by atoms with Gasteiger partial charge in [0.1, 0.15) is 5.75 Å². The molecular weight excluding hydrogens is 368 g/mol. The van der Waals surface area contributed by atoms with Gasteiger partial charge in [0, 0.05) is 12.2 Å². The number of carbonyl (C=O) groups excluding carboxylic acids is 1. The highest BCUT2D eigenvalue weighted by atomic mass is 16.5. The molecule has 156 valence electrons. The summed E-state index contributed by atoms with van der Waals surface area (Å²) in [5.41, 5.74) is 1.94. The van der Waals surface area contributed by atoms with Crippen molar-refractivity contribution >= 4 is 5.97 Å². The van der Waals surface area contributed by atoms with Crippen molar-refractivity contribution in [1.29, 1.82) is 0 Å². The van der Waals surface area contributed by atoms with E-state index in [1.807, 2.05) is 51.1 Å². The number of esters is 1. The lowest BCUT2D eigenvalue weighted by molar-refractivity contribution is -0.149. The average Bonchev–Trinajstić information content (AvgIpc) is 2.72. The van der Waals surface area contributed by atoms with E-state index in [2.05, 4.69) is 4.90 Å². The number of nitrogens with zero attached hydrogens (tertiary/aromatic N) is 2. The van der Waals surface area contributed by atoms with Gasteiger partial charge in [0.05, 0.1) is 24.1 Å². The molecule has 6 nitrogen and oxygen atoms in total. The molecular formula is C23H30N2O4. The summed E-state index contributed by atoms with van der Waals surface area (Å²) in [5.74, 6) is -0.227. The van der Waals surface area contributed by atoms with Gasteiger partial charge in [-0.15, -0.1) is 0 Å². The van der Waals surface area contributed by atoms with E-state index in [9.17, 15) is 14.7 Å². The standard InChI is InChI=1S/C23H30N2O4/c1-4-25-16(3)15-19(26)20(22(25)27)21(17-9-7-6-8-10-17)24-13-11-18(12-14-24)23(28)29-5-2/h6-10,15,18,21,26H,4-5,11-14H2,1-3H3. The summed E-state index contributed by atoms with van der Waals surface area (Å²) in [6.07, 6.45) is 1.35. The zero-order valence-electron chi connectivity index (χ0n) is 17.4. The van der Waals surface area contributed by atoms with Crippen LogP contribution in [0, 0.1) is 12.8 Å². The highest BCUT2D eigenvalue weighted by Gasteiger charge is 2.33. The van der Waals surface area contributed by atoms with Crippen molar-refractivity contribution < 1.29 is 14.6 Å². The number of pyridine rings is 1. The van der Waals surface area contributed by atoms with Crippen LogP contribution in [-0.2, 0) is 16.1 Å². The maximum atomic E-state index is 13.3. The number of ether oxygens (including phenoxy) is 1. The molecule has 1 atom stereocenters. The molecule has 1 unspecified atom stereocenters. The van der Waals surface area contributed by atoms with Crippen LogP contribution in [0.5, 0.6) is 5.75 Å². The zero-order valence-corrected chi connectivity index (χ0v) is 17.4. The molecule has 2 aromatic rings. The Labute approximate surface area is 171 Å². The summed E-state index contributed by atoms with van der Waals surface area (Å²) in [6.45, 7) is 7.82. The molecule has 0 bridgehead atoms. The third-order valence-corrected chi connectivity index (χ3v) is 5.74.